The molecule has 0 unspecified atom stereocenters. The van der Waals surface area contributed by atoms with Gasteiger partial charge < -0.3 is 15.4 Å². The standard InChI is InChI=1S/C12H16F2N2O/c1-16-6-7-17-11-3-2-9(8-10(11)16)12(13,14)4-5-15/h2-3,8H,4-7,15H2,1H3. The van der Waals surface area contributed by atoms with E-state index in [4.69, 9.17) is 10.5 Å². The van der Waals surface area contributed by atoms with Crippen molar-refractivity contribution >= 4 is 5.69 Å². The second-order valence-corrected chi connectivity index (χ2v) is 4.20. The highest BCUT2D eigenvalue weighted by Crippen LogP contribution is 2.38. The van der Waals surface area contributed by atoms with Crippen LogP contribution in [0.1, 0.15) is 12.0 Å². The van der Waals surface area contributed by atoms with Crippen molar-refractivity contribution in [3.63, 3.8) is 0 Å². The molecule has 3 nitrogen and oxygen atoms in total. The summed E-state index contributed by atoms with van der Waals surface area (Å²) < 4.78 is 32.8. The number of likely N-dealkylation sites (N-methyl/N-ethyl adjacent to an activating group) is 1. The number of anilines is 1. The molecular weight excluding hydrogens is 226 g/mol. The SMILES string of the molecule is CN1CCOc2ccc(C(F)(F)CCN)cc21. The van der Waals surface area contributed by atoms with Gasteiger partial charge in [0.1, 0.15) is 12.4 Å². The van der Waals surface area contributed by atoms with Gasteiger partial charge in [-0.05, 0) is 24.7 Å². The van der Waals surface area contributed by atoms with Crippen molar-refractivity contribution in [1.29, 1.82) is 0 Å². The summed E-state index contributed by atoms with van der Waals surface area (Å²) >= 11 is 0. The Morgan fingerprint density at radius 1 is 1.47 bits per heavy atom. The lowest BCUT2D eigenvalue weighted by atomic mass is 10.0. The van der Waals surface area contributed by atoms with Crippen LogP contribution in [0.5, 0.6) is 5.75 Å². The predicted molar refractivity (Wildman–Crippen MR) is 62.8 cm³/mol. The molecule has 1 aliphatic heterocycles. The Hall–Kier alpha value is -1.36. The normalized spacial score (nSPS) is 15.4. The summed E-state index contributed by atoms with van der Waals surface area (Å²) in [5.41, 5.74) is 5.91. The molecule has 1 aromatic carbocycles. The number of nitrogens with two attached hydrogens (primary N) is 1. The van der Waals surface area contributed by atoms with Gasteiger partial charge >= 0.3 is 0 Å². The first-order valence-electron chi connectivity index (χ1n) is 5.61. The van der Waals surface area contributed by atoms with Crippen LogP contribution in [-0.2, 0) is 5.92 Å². The van der Waals surface area contributed by atoms with Crippen LogP contribution >= 0.6 is 0 Å². The average Bonchev–Trinajstić information content (AvgIpc) is 2.29. The highest BCUT2D eigenvalue weighted by atomic mass is 19.3. The maximum Gasteiger partial charge on any atom is 0.274 e. The van der Waals surface area contributed by atoms with E-state index < -0.39 is 5.92 Å². The summed E-state index contributed by atoms with van der Waals surface area (Å²) in [5, 5.41) is 0. The highest BCUT2D eigenvalue weighted by Gasteiger charge is 2.31. The number of hydrogen-bond donors (Lipinski definition) is 1. The van der Waals surface area contributed by atoms with Crippen molar-refractivity contribution in [1.82, 2.24) is 0 Å². The lowest BCUT2D eigenvalue weighted by Gasteiger charge is -2.29. The van der Waals surface area contributed by atoms with E-state index in [1.165, 1.54) is 12.1 Å². The summed E-state index contributed by atoms with van der Waals surface area (Å²) in [6, 6.07) is 4.50. The zero-order valence-electron chi connectivity index (χ0n) is 9.75. The number of rotatable bonds is 3. The maximum atomic E-state index is 13.7. The largest absolute Gasteiger partial charge is 0.490 e. The molecule has 1 aliphatic rings. The van der Waals surface area contributed by atoms with Crippen LogP contribution in [0.2, 0.25) is 0 Å². The first-order valence-corrected chi connectivity index (χ1v) is 5.61. The third-order valence-corrected chi connectivity index (χ3v) is 2.94. The number of fused-ring (bicyclic) bond motifs is 1. The van der Waals surface area contributed by atoms with Crippen molar-refractivity contribution < 1.29 is 13.5 Å². The number of halogens is 2. The number of benzene rings is 1. The summed E-state index contributed by atoms with van der Waals surface area (Å²) in [7, 11) is 1.87. The molecule has 0 aromatic heterocycles. The number of ether oxygens (including phenoxy) is 1. The minimum absolute atomic E-state index is 0.000880. The average molecular weight is 242 g/mol. The molecule has 94 valence electrons. The van der Waals surface area contributed by atoms with E-state index in [2.05, 4.69) is 0 Å². The van der Waals surface area contributed by atoms with Crippen molar-refractivity contribution in [2.45, 2.75) is 12.3 Å². The first kappa shape index (κ1) is 12.1. The molecular formula is C12H16F2N2O. The van der Waals surface area contributed by atoms with Gasteiger partial charge in [-0.2, -0.15) is 0 Å². The van der Waals surface area contributed by atoms with Crippen LogP contribution in [0.4, 0.5) is 14.5 Å². The van der Waals surface area contributed by atoms with Crippen molar-refractivity contribution in [2.24, 2.45) is 5.73 Å². The predicted octanol–water partition coefficient (Wildman–Crippen LogP) is 1.96. The summed E-state index contributed by atoms with van der Waals surface area (Å²) in [4.78, 5) is 1.92. The Morgan fingerprint density at radius 2 is 2.24 bits per heavy atom. The molecule has 0 amide bonds. The van der Waals surface area contributed by atoms with Gasteiger partial charge in [-0.25, -0.2) is 8.78 Å². The van der Waals surface area contributed by atoms with Gasteiger partial charge in [0.25, 0.3) is 5.92 Å². The van der Waals surface area contributed by atoms with E-state index in [-0.39, 0.29) is 18.5 Å². The molecule has 0 aliphatic carbocycles. The van der Waals surface area contributed by atoms with Crippen molar-refractivity contribution in [3.8, 4) is 5.75 Å². The monoisotopic (exact) mass is 242 g/mol. The van der Waals surface area contributed by atoms with Gasteiger partial charge in [0.05, 0.1) is 12.2 Å². The molecule has 1 heterocycles. The Bertz CT molecular complexity index is 409. The maximum absolute atomic E-state index is 13.7. The molecule has 0 spiro atoms. The van der Waals surface area contributed by atoms with E-state index in [9.17, 15) is 8.78 Å². The highest BCUT2D eigenvalue weighted by molar-refractivity contribution is 5.61. The van der Waals surface area contributed by atoms with E-state index in [1.54, 1.807) is 6.07 Å². The molecule has 5 heteroatoms. The van der Waals surface area contributed by atoms with Gasteiger partial charge in [0.15, 0.2) is 0 Å². The van der Waals surface area contributed by atoms with Gasteiger partial charge in [-0.3, -0.25) is 0 Å². The lowest BCUT2D eigenvalue weighted by Crippen LogP contribution is -2.29. The van der Waals surface area contributed by atoms with E-state index >= 15 is 0 Å². The van der Waals surface area contributed by atoms with Gasteiger partial charge in [0.2, 0.25) is 0 Å². The van der Waals surface area contributed by atoms with Crippen LogP contribution in [0.3, 0.4) is 0 Å². The van der Waals surface area contributed by atoms with Gasteiger partial charge in [-0.1, -0.05) is 0 Å². The fraction of sp³-hybridized carbons (Fsp3) is 0.500. The summed E-state index contributed by atoms with van der Waals surface area (Å²) in [6.45, 7) is 1.26. The van der Waals surface area contributed by atoms with Crippen LogP contribution < -0.4 is 15.4 Å². The zero-order valence-corrected chi connectivity index (χ0v) is 9.75. The minimum Gasteiger partial charge on any atom is -0.490 e. The molecule has 2 rings (SSSR count). The summed E-state index contributed by atoms with van der Waals surface area (Å²) in [6.07, 6.45) is -0.337. The van der Waals surface area contributed by atoms with E-state index in [0.717, 1.165) is 0 Å². The molecule has 0 radical (unpaired) electrons. The quantitative estimate of drug-likeness (QED) is 0.880. The van der Waals surface area contributed by atoms with Crippen LogP contribution in [-0.4, -0.2) is 26.7 Å². The Labute approximate surface area is 99.2 Å². The van der Waals surface area contributed by atoms with Gasteiger partial charge in [0, 0.05) is 19.0 Å². The first-order chi connectivity index (χ1) is 8.04. The zero-order chi connectivity index (χ0) is 12.5. The van der Waals surface area contributed by atoms with Crippen LogP contribution in [0.15, 0.2) is 18.2 Å². The molecule has 0 fully saturated rings. The topological polar surface area (TPSA) is 38.5 Å². The molecule has 2 N–H and O–H groups in total. The minimum atomic E-state index is -2.87. The van der Waals surface area contributed by atoms with Crippen molar-refractivity contribution in [2.75, 3.05) is 31.6 Å². The molecule has 17 heavy (non-hydrogen) atoms. The Morgan fingerprint density at radius 3 is 2.94 bits per heavy atom. The van der Waals surface area contributed by atoms with E-state index in [1.807, 2.05) is 11.9 Å². The molecule has 0 saturated carbocycles. The molecule has 1 aromatic rings. The second kappa shape index (κ2) is 4.49. The molecule has 0 bridgehead atoms. The number of hydrogen-bond acceptors (Lipinski definition) is 3. The molecule has 0 saturated heterocycles. The second-order valence-electron chi connectivity index (χ2n) is 4.20. The van der Waals surface area contributed by atoms with Crippen LogP contribution in [0.25, 0.3) is 0 Å². The Balaban J connectivity index is 2.35. The van der Waals surface area contributed by atoms with Crippen molar-refractivity contribution in [3.05, 3.63) is 23.8 Å². The number of nitrogens with zero attached hydrogens (tertiary/aromatic N) is 1. The third-order valence-electron chi connectivity index (χ3n) is 2.94. The third kappa shape index (κ3) is 2.34. The van der Waals surface area contributed by atoms with E-state index in [0.29, 0.717) is 24.6 Å². The van der Waals surface area contributed by atoms with Gasteiger partial charge in [-0.15, -0.1) is 0 Å². The Kier molecular flexibility index (Phi) is 3.19. The summed E-state index contributed by atoms with van der Waals surface area (Å²) in [5.74, 6) is -2.21. The lowest BCUT2D eigenvalue weighted by molar-refractivity contribution is -0.0107. The van der Waals surface area contributed by atoms with Crippen LogP contribution in [0, 0.1) is 0 Å². The fourth-order valence-electron chi connectivity index (χ4n) is 1.90. The smallest absolute Gasteiger partial charge is 0.274 e. The molecule has 0 atom stereocenters. The number of alkyl halides is 2. The fourth-order valence-corrected chi connectivity index (χ4v) is 1.90.